The minimum absolute atomic E-state index is 0.147. The van der Waals surface area contributed by atoms with Gasteiger partial charge in [-0.3, -0.25) is 0 Å². The summed E-state index contributed by atoms with van der Waals surface area (Å²) in [4.78, 5) is 2.03. The molecule has 0 aromatic rings. The Morgan fingerprint density at radius 1 is 0.714 bits per heavy atom. The molecule has 0 heterocycles. The summed E-state index contributed by atoms with van der Waals surface area (Å²) < 4.78 is 5.60. The molecule has 0 fully saturated rings. The van der Waals surface area contributed by atoms with Gasteiger partial charge in [-0.15, -0.1) is 0 Å². The summed E-state index contributed by atoms with van der Waals surface area (Å²) in [6.07, 6.45) is 22.5. The van der Waals surface area contributed by atoms with Crippen molar-refractivity contribution in [1.29, 1.82) is 0 Å². The number of hydrogen-bond donors (Lipinski definition) is 1. The first kappa shape index (κ1) is 27.9. The summed E-state index contributed by atoms with van der Waals surface area (Å²) >= 11 is 0. The van der Waals surface area contributed by atoms with Crippen LogP contribution in [0.25, 0.3) is 0 Å². The highest BCUT2D eigenvalue weighted by molar-refractivity contribution is 4.72. The van der Waals surface area contributed by atoms with Crippen molar-refractivity contribution in [2.75, 3.05) is 27.3 Å². The van der Waals surface area contributed by atoms with Crippen LogP contribution in [0, 0.1) is 6.92 Å². The van der Waals surface area contributed by atoms with E-state index in [4.69, 9.17) is 4.74 Å². The third kappa shape index (κ3) is 20.6. The zero-order chi connectivity index (χ0) is 20.9. The van der Waals surface area contributed by atoms with E-state index in [-0.39, 0.29) is 6.04 Å². The van der Waals surface area contributed by atoms with E-state index in [1.807, 2.05) is 19.0 Å². The highest BCUT2D eigenvalue weighted by Crippen LogP contribution is 2.13. The van der Waals surface area contributed by atoms with E-state index in [0.717, 1.165) is 13.0 Å². The first-order valence-corrected chi connectivity index (χ1v) is 12.3. The molecule has 169 valence electrons. The second-order valence-electron chi connectivity index (χ2n) is 8.89. The Labute approximate surface area is 177 Å². The molecule has 3 nitrogen and oxygen atoms in total. The molecule has 0 aromatic heterocycles. The molecule has 28 heavy (non-hydrogen) atoms. The van der Waals surface area contributed by atoms with Crippen molar-refractivity contribution in [2.24, 2.45) is 0 Å². The summed E-state index contributed by atoms with van der Waals surface area (Å²) in [5.74, 6) is 0. The lowest BCUT2D eigenvalue weighted by Gasteiger charge is -2.22. The van der Waals surface area contributed by atoms with Gasteiger partial charge in [0.1, 0.15) is 0 Å². The SMILES string of the molecule is [CH2]C(CC(O)COCCCCCCCCCCCCCCCCCC)N(C)C. The third-order valence-corrected chi connectivity index (χ3v) is 5.73. The van der Waals surface area contributed by atoms with Gasteiger partial charge in [0.25, 0.3) is 0 Å². The van der Waals surface area contributed by atoms with Crippen LogP contribution in [0.3, 0.4) is 0 Å². The van der Waals surface area contributed by atoms with Crippen LogP contribution in [0.4, 0.5) is 0 Å². The molecule has 0 bridgehead atoms. The van der Waals surface area contributed by atoms with Crippen LogP contribution in [0.1, 0.15) is 116 Å². The molecule has 0 saturated heterocycles. The van der Waals surface area contributed by atoms with Crippen LogP contribution in [-0.2, 0) is 4.74 Å². The van der Waals surface area contributed by atoms with Gasteiger partial charge in [-0.1, -0.05) is 103 Å². The molecular formula is C25H52NO2. The molecule has 0 saturated carbocycles. The maximum absolute atomic E-state index is 9.91. The van der Waals surface area contributed by atoms with Gasteiger partial charge < -0.3 is 14.7 Å². The molecule has 0 aromatic carbocycles. The Bertz CT molecular complexity index is 296. The molecule has 2 unspecified atom stereocenters. The van der Waals surface area contributed by atoms with Crippen LogP contribution in [0.2, 0.25) is 0 Å². The predicted octanol–water partition coefficient (Wildman–Crippen LogP) is 6.78. The van der Waals surface area contributed by atoms with Crippen LogP contribution in [0.15, 0.2) is 0 Å². The third-order valence-electron chi connectivity index (χ3n) is 5.73. The summed E-state index contributed by atoms with van der Waals surface area (Å²) in [5, 5.41) is 9.91. The number of aliphatic hydroxyl groups is 1. The normalized spacial score (nSPS) is 13.9. The minimum atomic E-state index is -0.397. The number of ether oxygens (including phenoxy) is 1. The van der Waals surface area contributed by atoms with Gasteiger partial charge in [0.05, 0.1) is 12.7 Å². The van der Waals surface area contributed by atoms with Crippen molar-refractivity contribution in [1.82, 2.24) is 4.90 Å². The van der Waals surface area contributed by atoms with Crippen molar-refractivity contribution in [3.05, 3.63) is 6.92 Å². The van der Waals surface area contributed by atoms with E-state index in [1.54, 1.807) is 0 Å². The molecule has 0 aliphatic carbocycles. The molecular weight excluding hydrogens is 346 g/mol. The van der Waals surface area contributed by atoms with Crippen LogP contribution < -0.4 is 0 Å². The Morgan fingerprint density at radius 2 is 1.11 bits per heavy atom. The van der Waals surface area contributed by atoms with Gasteiger partial charge in [0.15, 0.2) is 0 Å². The maximum atomic E-state index is 9.91. The van der Waals surface area contributed by atoms with Gasteiger partial charge in [0, 0.05) is 12.6 Å². The van der Waals surface area contributed by atoms with Gasteiger partial charge >= 0.3 is 0 Å². The highest BCUT2D eigenvalue weighted by atomic mass is 16.5. The number of hydrogen-bond acceptors (Lipinski definition) is 3. The fourth-order valence-corrected chi connectivity index (χ4v) is 3.56. The Balaban J connectivity index is 3.14. The predicted molar refractivity (Wildman–Crippen MR) is 124 cm³/mol. The molecule has 1 N–H and O–H groups in total. The fourth-order valence-electron chi connectivity index (χ4n) is 3.56. The van der Waals surface area contributed by atoms with E-state index in [9.17, 15) is 5.11 Å². The van der Waals surface area contributed by atoms with Crippen molar-refractivity contribution in [3.8, 4) is 0 Å². The molecule has 0 aliphatic rings. The quantitative estimate of drug-likeness (QED) is 0.204. The largest absolute Gasteiger partial charge is 0.391 e. The number of aliphatic hydroxyl groups excluding tert-OH is 1. The summed E-state index contributed by atoms with van der Waals surface area (Å²) in [5.41, 5.74) is 0. The van der Waals surface area contributed by atoms with E-state index in [2.05, 4.69) is 13.8 Å². The lowest BCUT2D eigenvalue weighted by atomic mass is 10.0. The topological polar surface area (TPSA) is 32.7 Å². The average molecular weight is 399 g/mol. The van der Waals surface area contributed by atoms with Crippen molar-refractivity contribution >= 4 is 0 Å². The van der Waals surface area contributed by atoms with Crippen molar-refractivity contribution < 1.29 is 9.84 Å². The Morgan fingerprint density at radius 3 is 1.50 bits per heavy atom. The van der Waals surface area contributed by atoms with Crippen LogP contribution in [-0.4, -0.2) is 49.5 Å². The summed E-state index contributed by atoms with van der Waals surface area (Å²) in [6, 6.07) is 0.147. The fraction of sp³-hybridized carbons (Fsp3) is 0.960. The average Bonchev–Trinajstić information content (AvgIpc) is 2.66. The van der Waals surface area contributed by atoms with E-state index in [0.29, 0.717) is 13.0 Å². The molecule has 0 rings (SSSR count). The second kappa shape index (κ2) is 21.6. The zero-order valence-corrected chi connectivity index (χ0v) is 19.6. The first-order valence-electron chi connectivity index (χ1n) is 12.3. The lowest BCUT2D eigenvalue weighted by Crippen LogP contribution is -2.31. The second-order valence-corrected chi connectivity index (χ2v) is 8.89. The molecule has 0 aliphatic heterocycles. The minimum Gasteiger partial charge on any atom is -0.391 e. The lowest BCUT2D eigenvalue weighted by molar-refractivity contribution is 0.0226. The van der Waals surface area contributed by atoms with Gasteiger partial charge in [0.2, 0.25) is 0 Å². The van der Waals surface area contributed by atoms with E-state index >= 15 is 0 Å². The number of rotatable bonds is 22. The summed E-state index contributed by atoms with van der Waals surface area (Å²) in [7, 11) is 3.98. The molecule has 2 atom stereocenters. The van der Waals surface area contributed by atoms with Crippen molar-refractivity contribution in [3.63, 3.8) is 0 Å². The zero-order valence-electron chi connectivity index (χ0n) is 19.6. The van der Waals surface area contributed by atoms with Crippen molar-refractivity contribution in [2.45, 2.75) is 128 Å². The smallest absolute Gasteiger partial charge is 0.0788 e. The van der Waals surface area contributed by atoms with Gasteiger partial charge in [-0.2, -0.15) is 0 Å². The number of unbranched alkanes of at least 4 members (excludes halogenated alkanes) is 15. The summed E-state index contributed by atoms with van der Waals surface area (Å²) in [6.45, 7) is 7.52. The molecule has 3 heteroatoms. The standard InChI is InChI=1S/C25H52NO2/c1-5-6-7-8-9-10-11-12-13-14-15-16-17-18-19-20-21-28-23-25(27)22-24(2)26(3)4/h24-25,27H,2,5-23H2,1,3-4H3. The maximum Gasteiger partial charge on any atom is 0.0788 e. The Hall–Kier alpha value is -0.120. The number of nitrogens with zero attached hydrogens (tertiary/aromatic N) is 1. The van der Waals surface area contributed by atoms with E-state index < -0.39 is 6.10 Å². The highest BCUT2D eigenvalue weighted by Gasteiger charge is 2.11. The van der Waals surface area contributed by atoms with Gasteiger partial charge in [-0.25, -0.2) is 0 Å². The van der Waals surface area contributed by atoms with E-state index in [1.165, 1.54) is 96.3 Å². The first-order chi connectivity index (χ1) is 13.6. The molecule has 1 radical (unpaired) electrons. The molecule has 0 amide bonds. The van der Waals surface area contributed by atoms with Crippen LogP contribution in [0.5, 0.6) is 0 Å². The monoisotopic (exact) mass is 398 g/mol. The van der Waals surface area contributed by atoms with Crippen LogP contribution >= 0.6 is 0 Å². The van der Waals surface area contributed by atoms with Gasteiger partial charge in [-0.05, 0) is 33.9 Å². The Kier molecular flexibility index (Phi) is 21.5. The molecule has 0 spiro atoms.